The van der Waals surface area contributed by atoms with Crippen LogP contribution >= 0.6 is 0 Å². The van der Waals surface area contributed by atoms with E-state index in [4.69, 9.17) is 0 Å². The summed E-state index contributed by atoms with van der Waals surface area (Å²) in [7, 11) is 1.64. The lowest BCUT2D eigenvalue weighted by Gasteiger charge is -2.33. The molecule has 4 aromatic rings. The second-order valence-corrected chi connectivity index (χ2v) is 8.52. The van der Waals surface area contributed by atoms with Gasteiger partial charge in [0.2, 0.25) is 0 Å². The fraction of sp³-hybridized carbons (Fsp3) is 0.240. The molecular formula is C25H19F5N4O. The van der Waals surface area contributed by atoms with Gasteiger partial charge in [0.25, 0.3) is 5.91 Å². The Morgan fingerprint density at radius 2 is 1.80 bits per heavy atom. The Balaban J connectivity index is 1.54. The first-order valence-electron chi connectivity index (χ1n) is 10.8. The predicted molar refractivity (Wildman–Crippen MR) is 118 cm³/mol. The van der Waals surface area contributed by atoms with Crippen molar-refractivity contribution in [3.8, 4) is 11.3 Å². The summed E-state index contributed by atoms with van der Waals surface area (Å²) in [5.74, 6) is -2.01. The number of amides is 1. The van der Waals surface area contributed by atoms with E-state index in [1.54, 1.807) is 14.0 Å². The lowest BCUT2D eigenvalue weighted by atomic mass is 9.94. The van der Waals surface area contributed by atoms with E-state index in [9.17, 15) is 26.7 Å². The molecule has 0 unspecified atom stereocenters. The molecule has 0 N–H and O–H groups in total. The molecule has 5 nitrogen and oxygen atoms in total. The Morgan fingerprint density at radius 1 is 1.09 bits per heavy atom. The number of pyridine rings is 1. The first kappa shape index (κ1) is 22.9. The smallest absolute Gasteiger partial charge is 0.330 e. The molecule has 2 aromatic heterocycles. The standard InChI is InChI=1S/C25H19F5N4O/c1-13-21-19(23(33(2)32-21)15-9-17(26)12-18(27)10-15)5-7-34(13)24(35)16-8-14-4-3-6-31-22(14)20(11-16)25(28,29)30/h3-4,6,8-13H,5,7H2,1-2H3/t13-/m0/s1. The van der Waals surface area contributed by atoms with Gasteiger partial charge >= 0.3 is 6.18 Å². The highest BCUT2D eigenvalue weighted by atomic mass is 19.4. The van der Waals surface area contributed by atoms with Crippen LogP contribution in [0.25, 0.3) is 22.2 Å². The summed E-state index contributed by atoms with van der Waals surface area (Å²) in [4.78, 5) is 18.7. The molecule has 0 aliphatic carbocycles. The molecule has 1 atom stereocenters. The van der Waals surface area contributed by atoms with Crippen molar-refractivity contribution in [2.45, 2.75) is 25.6 Å². The van der Waals surface area contributed by atoms with Crippen LogP contribution in [0.3, 0.4) is 0 Å². The van der Waals surface area contributed by atoms with Crippen molar-refractivity contribution in [1.82, 2.24) is 19.7 Å². The van der Waals surface area contributed by atoms with Gasteiger partial charge in [-0.25, -0.2) is 8.78 Å². The number of halogens is 5. The molecule has 0 saturated carbocycles. The second kappa shape index (κ2) is 8.14. The normalized spacial score (nSPS) is 16.0. The van der Waals surface area contributed by atoms with Gasteiger partial charge in [0.1, 0.15) is 11.6 Å². The third kappa shape index (κ3) is 3.92. The van der Waals surface area contributed by atoms with Crippen LogP contribution in [0, 0.1) is 11.6 Å². The van der Waals surface area contributed by atoms with Crippen molar-refractivity contribution in [2.75, 3.05) is 6.54 Å². The summed E-state index contributed by atoms with van der Waals surface area (Å²) < 4.78 is 70.3. The van der Waals surface area contributed by atoms with E-state index in [0.717, 1.165) is 17.7 Å². The minimum absolute atomic E-state index is 0.100. The van der Waals surface area contributed by atoms with Gasteiger partial charge in [0, 0.05) is 47.9 Å². The van der Waals surface area contributed by atoms with E-state index >= 15 is 0 Å². The molecule has 0 fully saturated rings. The average molecular weight is 486 g/mol. The topological polar surface area (TPSA) is 51.0 Å². The fourth-order valence-electron chi connectivity index (χ4n) is 4.77. The highest BCUT2D eigenvalue weighted by Crippen LogP contribution is 2.38. The third-order valence-electron chi connectivity index (χ3n) is 6.30. The second-order valence-electron chi connectivity index (χ2n) is 8.52. The molecule has 3 heterocycles. The molecule has 1 aliphatic heterocycles. The van der Waals surface area contributed by atoms with Crippen LogP contribution in [0.15, 0.2) is 48.7 Å². The SMILES string of the molecule is C[C@H]1c2nn(C)c(-c3cc(F)cc(F)c3)c2CCN1C(=O)c1cc(C(F)(F)F)c2ncccc2c1. The molecule has 5 rings (SSSR count). The van der Waals surface area contributed by atoms with Crippen molar-refractivity contribution in [1.29, 1.82) is 0 Å². The molecular weight excluding hydrogens is 467 g/mol. The predicted octanol–water partition coefficient (Wildman–Crippen LogP) is 5.69. The molecule has 10 heteroatoms. The summed E-state index contributed by atoms with van der Waals surface area (Å²) >= 11 is 0. The van der Waals surface area contributed by atoms with Crippen LogP contribution in [0.1, 0.15) is 40.1 Å². The van der Waals surface area contributed by atoms with Gasteiger partial charge in [-0.1, -0.05) is 6.07 Å². The van der Waals surface area contributed by atoms with E-state index in [-0.39, 0.29) is 23.0 Å². The van der Waals surface area contributed by atoms with Crippen LogP contribution in [0.4, 0.5) is 22.0 Å². The molecule has 0 bridgehead atoms. The largest absolute Gasteiger partial charge is 0.418 e. The number of hydrogen-bond donors (Lipinski definition) is 0. The van der Waals surface area contributed by atoms with Crippen molar-refractivity contribution < 1.29 is 26.7 Å². The summed E-state index contributed by atoms with van der Waals surface area (Å²) in [6.45, 7) is 1.93. The number of alkyl halides is 3. The number of carbonyl (C=O) groups excluding carboxylic acids is 1. The van der Waals surface area contributed by atoms with E-state index in [0.29, 0.717) is 23.4 Å². The van der Waals surface area contributed by atoms with E-state index in [1.165, 1.54) is 46.1 Å². The highest BCUT2D eigenvalue weighted by molar-refractivity contribution is 5.99. The van der Waals surface area contributed by atoms with Crippen LogP contribution in [0.2, 0.25) is 0 Å². The van der Waals surface area contributed by atoms with Gasteiger partial charge in [0.15, 0.2) is 0 Å². The molecule has 1 amide bonds. The van der Waals surface area contributed by atoms with Crippen LogP contribution in [-0.2, 0) is 19.6 Å². The number of aryl methyl sites for hydroxylation is 1. The van der Waals surface area contributed by atoms with Gasteiger partial charge in [0.05, 0.1) is 28.5 Å². The molecule has 0 radical (unpaired) electrons. The molecule has 1 aliphatic rings. The molecule has 2 aromatic carbocycles. The number of nitrogens with zero attached hydrogens (tertiary/aromatic N) is 4. The first-order chi connectivity index (χ1) is 16.5. The maximum Gasteiger partial charge on any atom is 0.418 e. The minimum Gasteiger partial charge on any atom is -0.330 e. The number of hydrogen-bond acceptors (Lipinski definition) is 3. The van der Waals surface area contributed by atoms with Crippen molar-refractivity contribution in [2.24, 2.45) is 7.05 Å². The zero-order chi connectivity index (χ0) is 25.1. The minimum atomic E-state index is -4.68. The molecule has 35 heavy (non-hydrogen) atoms. The van der Waals surface area contributed by atoms with Crippen LogP contribution in [0.5, 0.6) is 0 Å². The van der Waals surface area contributed by atoms with Crippen molar-refractivity contribution in [3.63, 3.8) is 0 Å². The Labute approximate surface area is 196 Å². The molecule has 0 spiro atoms. The number of carbonyl (C=O) groups is 1. The zero-order valence-corrected chi connectivity index (χ0v) is 18.7. The van der Waals surface area contributed by atoms with Crippen molar-refractivity contribution >= 4 is 16.8 Å². The summed E-state index contributed by atoms with van der Waals surface area (Å²) in [6.07, 6.45) is -3.08. The molecule has 0 saturated heterocycles. The average Bonchev–Trinajstić information content (AvgIpc) is 3.13. The zero-order valence-electron chi connectivity index (χ0n) is 18.7. The highest BCUT2D eigenvalue weighted by Gasteiger charge is 2.37. The van der Waals surface area contributed by atoms with Gasteiger partial charge in [-0.15, -0.1) is 0 Å². The van der Waals surface area contributed by atoms with Crippen molar-refractivity contribution in [3.05, 3.63) is 82.7 Å². The van der Waals surface area contributed by atoms with E-state index < -0.39 is 35.3 Å². The van der Waals surface area contributed by atoms with Crippen LogP contribution < -0.4 is 0 Å². The number of benzene rings is 2. The maximum atomic E-state index is 13.8. The van der Waals surface area contributed by atoms with Gasteiger partial charge < -0.3 is 4.90 Å². The Morgan fingerprint density at radius 3 is 2.49 bits per heavy atom. The number of fused-ring (bicyclic) bond motifs is 2. The quantitative estimate of drug-likeness (QED) is 0.342. The maximum absolute atomic E-state index is 13.8. The van der Waals surface area contributed by atoms with E-state index in [1.807, 2.05) is 0 Å². The van der Waals surface area contributed by atoms with Gasteiger partial charge in [-0.3, -0.25) is 14.5 Å². The summed E-state index contributed by atoms with van der Waals surface area (Å²) in [5.41, 5.74) is 0.838. The Bertz CT molecular complexity index is 1460. The third-order valence-corrected chi connectivity index (χ3v) is 6.30. The van der Waals surface area contributed by atoms with Gasteiger partial charge in [-0.05, 0) is 43.7 Å². The lowest BCUT2D eigenvalue weighted by molar-refractivity contribution is -0.136. The van der Waals surface area contributed by atoms with Gasteiger partial charge in [-0.2, -0.15) is 18.3 Å². The Hall–Kier alpha value is -3.82. The number of aromatic nitrogens is 3. The summed E-state index contributed by atoms with van der Waals surface area (Å²) in [6, 6.07) is 7.87. The fourth-order valence-corrected chi connectivity index (χ4v) is 4.77. The monoisotopic (exact) mass is 486 g/mol. The van der Waals surface area contributed by atoms with E-state index in [2.05, 4.69) is 10.1 Å². The number of rotatable bonds is 2. The lowest BCUT2D eigenvalue weighted by Crippen LogP contribution is -2.39. The Kier molecular flexibility index (Phi) is 5.34. The van der Waals surface area contributed by atoms with Crippen LogP contribution in [-0.4, -0.2) is 32.1 Å². The first-order valence-corrected chi connectivity index (χ1v) is 10.8. The summed E-state index contributed by atoms with van der Waals surface area (Å²) in [5, 5.41) is 4.70. The molecule has 180 valence electrons.